The highest BCUT2D eigenvalue weighted by Gasteiger charge is 2.16. The van der Waals surface area contributed by atoms with Gasteiger partial charge in [-0.05, 0) is 48.2 Å². The second-order valence-corrected chi connectivity index (χ2v) is 9.41. The van der Waals surface area contributed by atoms with E-state index in [9.17, 15) is 9.59 Å². The van der Waals surface area contributed by atoms with E-state index in [1.165, 1.54) is 0 Å². The van der Waals surface area contributed by atoms with Crippen LogP contribution >= 0.6 is 0 Å². The summed E-state index contributed by atoms with van der Waals surface area (Å²) in [7, 11) is 3.35. The number of nitrogens with one attached hydrogen (secondary N) is 2. The Bertz CT molecular complexity index is 1460. The Morgan fingerprint density at radius 2 is 1.81 bits per heavy atom. The second kappa shape index (κ2) is 11.2. The Morgan fingerprint density at radius 1 is 1.08 bits per heavy atom. The summed E-state index contributed by atoms with van der Waals surface area (Å²) in [6.45, 7) is 4.76. The maximum absolute atomic E-state index is 13.4. The minimum Gasteiger partial charge on any atom is -0.497 e. The number of fused-ring (bicyclic) bond motifs is 3. The van der Waals surface area contributed by atoms with Crippen molar-refractivity contribution in [1.82, 2.24) is 14.9 Å². The topological polar surface area (TPSA) is 115 Å². The molecule has 0 bridgehead atoms. The van der Waals surface area contributed by atoms with E-state index >= 15 is 0 Å². The number of aryl methyl sites for hydroxylation is 1. The maximum Gasteiger partial charge on any atom is 0.404 e. The van der Waals surface area contributed by atoms with Crippen LogP contribution in [-0.4, -0.2) is 40.5 Å². The smallest absolute Gasteiger partial charge is 0.404 e. The van der Waals surface area contributed by atoms with Gasteiger partial charge in [0, 0.05) is 36.6 Å². The van der Waals surface area contributed by atoms with E-state index in [0.29, 0.717) is 41.4 Å². The summed E-state index contributed by atoms with van der Waals surface area (Å²) >= 11 is 0. The SMILES string of the molecule is COc1ccc(CNc2nccc3c2c(=O)n(C)c2cc(OCC(CC(C)C)NC(=O)O)ccc32)cc1. The van der Waals surface area contributed by atoms with Crippen LogP contribution < -0.4 is 25.7 Å². The standard InChI is InChI=1S/C28H32N4O5/c1-17(2)13-19(31-28(34)35)16-37-21-9-10-22-23-11-12-29-26(25(23)27(33)32(3)24(22)14-21)30-15-18-5-7-20(36-4)8-6-18/h5-12,14,17,19,31H,13,15-16H2,1-4H3,(H,29,30)(H,34,35). The van der Waals surface area contributed by atoms with E-state index < -0.39 is 6.09 Å². The van der Waals surface area contributed by atoms with E-state index in [1.54, 1.807) is 24.9 Å². The van der Waals surface area contributed by atoms with Crippen LogP contribution in [0.2, 0.25) is 0 Å². The van der Waals surface area contributed by atoms with Crippen molar-refractivity contribution in [2.24, 2.45) is 13.0 Å². The molecule has 1 amide bonds. The third-order valence-electron chi connectivity index (χ3n) is 6.24. The van der Waals surface area contributed by atoms with E-state index in [0.717, 1.165) is 22.1 Å². The van der Waals surface area contributed by atoms with Crippen molar-refractivity contribution in [3.8, 4) is 11.5 Å². The van der Waals surface area contributed by atoms with Gasteiger partial charge in [-0.25, -0.2) is 9.78 Å². The fraction of sp³-hybridized carbons (Fsp3) is 0.321. The first-order chi connectivity index (χ1) is 17.8. The Labute approximate surface area is 215 Å². The number of carbonyl (C=O) groups is 1. The van der Waals surface area contributed by atoms with Crippen molar-refractivity contribution in [2.45, 2.75) is 32.9 Å². The molecule has 0 spiro atoms. The molecular weight excluding hydrogens is 472 g/mol. The van der Waals surface area contributed by atoms with Crippen LogP contribution in [0.4, 0.5) is 10.6 Å². The number of pyridine rings is 2. The third kappa shape index (κ3) is 5.94. The summed E-state index contributed by atoms with van der Waals surface area (Å²) in [6, 6.07) is 14.8. The van der Waals surface area contributed by atoms with Gasteiger partial charge in [-0.2, -0.15) is 0 Å². The van der Waals surface area contributed by atoms with Crippen molar-refractivity contribution in [3.05, 3.63) is 70.6 Å². The summed E-state index contributed by atoms with van der Waals surface area (Å²) in [5.41, 5.74) is 1.58. The first-order valence-corrected chi connectivity index (χ1v) is 12.2. The number of hydrogen-bond donors (Lipinski definition) is 3. The number of amides is 1. The molecule has 3 N–H and O–H groups in total. The summed E-state index contributed by atoms with van der Waals surface area (Å²) in [6.07, 6.45) is 1.27. The van der Waals surface area contributed by atoms with Gasteiger partial charge >= 0.3 is 6.09 Å². The quantitative estimate of drug-likeness (QED) is 0.267. The number of nitrogens with zero attached hydrogens (tertiary/aromatic N) is 2. The van der Waals surface area contributed by atoms with Gasteiger partial charge in [0.05, 0.1) is 24.1 Å². The first kappa shape index (κ1) is 25.8. The molecule has 9 heteroatoms. The number of aromatic nitrogens is 2. The van der Waals surface area contributed by atoms with Gasteiger partial charge in [0.15, 0.2) is 0 Å². The van der Waals surface area contributed by atoms with Crippen molar-refractivity contribution in [2.75, 3.05) is 19.0 Å². The molecule has 4 rings (SSSR count). The van der Waals surface area contributed by atoms with Crippen molar-refractivity contribution in [3.63, 3.8) is 0 Å². The van der Waals surface area contributed by atoms with Crippen molar-refractivity contribution >= 4 is 33.6 Å². The van der Waals surface area contributed by atoms with Gasteiger partial charge in [-0.15, -0.1) is 0 Å². The van der Waals surface area contributed by atoms with Crippen LogP contribution in [0.3, 0.4) is 0 Å². The highest BCUT2D eigenvalue weighted by atomic mass is 16.5. The molecule has 194 valence electrons. The van der Waals surface area contributed by atoms with Crippen LogP contribution in [0, 0.1) is 5.92 Å². The number of anilines is 1. The molecule has 2 aromatic heterocycles. The molecular formula is C28H32N4O5. The van der Waals surface area contributed by atoms with E-state index in [2.05, 4.69) is 15.6 Å². The second-order valence-electron chi connectivity index (χ2n) is 9.41. The van der Waals surface area contributed by atoms with Crippen molar-refractivity contribution < 1.29 is 19.4 Å². The van der Waals surface area contributed by atoms with Gasteiger partial charge in [0.25, 0.3) is 5.56 Å². The summed E-state index contributed by atoms with van der Waals surface area (Å²) in [5.74, 6) is 2.18. The molecule has 9 nitrogen and oxygen atoms in total. The zero-order chi connectivity index (χ0) is 26.5. The third-order valence-corrected chi connectivity index (χ3v) is 6.24. The molecule has 4 aromatic rings. The number of methoxy groups -OCH3 is 1. The van der Waals surface area contributed by atoms with Crippen LogP contribution in [-0.2, 0) is 13.6 Å². The molecule has 2 aromatic carbocycles. The Balaban J connectivity index is 1.63. The predicted molar refractivity (Wildman–Crippen MR) is 145 cm³/mol. The maximum atomic E-state index is 13.4. The highest BCUT2D eigenvalue weighted by Crippen LogP contribution is 2.29. The van der Waals surface area contributed by atoms with Crippen molar-refractivity contribution in [1.29, 1.82) is 0 Å². The molecule has 0 aliphatic heterocycles. The highest BCUT2D eigenvalue weighted by molar-refractivity contribution is 6.09. The normalized spacial score (nSPS) is 12.0. The van der Waals surface area contributed by atoms with Gasteiger partial charge in [0.2, 0.25) is 0 Å². The van der Waals surface area contributed by atoms with Crippen LogP contribution in [0.15, 0.2) is 59.5 Å². The number of hydrogen-bond acceptors (Lipinski definition) is 6. The van der Waals surface area contributed by atoms with E-state index in [4.69, 9.17) is 14.6 Å². The molecule has 1 atom stereocenters. The molecule has 0 aliphatic rings. The lowest BCUT2D eigenvalue weighted by molar-refractivity contribution is 0.176. The molecule has 2 heterocycles. The molecule has 0 radical (unpaired) electrons. The lowest BCUT2D eigenvalue weighted by atomic mass is 10.0. The van der Waals surface area contributed by atoms with Crippen LogP contribution in [0.5, 0.6) is 11.5 Å². The predicted octanol–water partition coefficient (Wildman–Crippen LogP) is 4.77. The number of rotatable bonds is 10. The molecule has 0 aliphatic carbocycles. The molecule has 0 saturated carbocycles. The van der Waals surface area contributed by atoms with Gasteiger partial charge in [0.1, 0.15) is 23.9 Å². The Hall–Kier alpha value is -4.27. The minimum absolute atomic E-state index is 0.171. The number of benzene rings is 2. The zero-order valence-corrected chi connectivity index (χ0v) is 21.4. The van der Waals surface area contributed by atoms with Crippen LogP contribution in [0.1, 0.15) is 25.8 Å². The summed E-state index contributed by atoms with van der Waals surface area (Å²) in [4.78, 5) is 29.0. The number of carboxylic acid groups (broad SMARTS) is 1. The first-order valence-electron chi connectivity index (χ1n) is 12.2. The number of ether oxygens (including phenoxy) is 2. The molecule has 0 saturated heterocycles. The summed E-state index contributed by atoms with van der Waals surface area (Å²) < 4.78 is 12.7. The lowest BCUT2D eigenvalue weighted by Gasteiger charge is -2.20. The molecule has 1 unspecified atom stereocenters. The van der Waals surface area contributed by atoms with Crippen LogP contribution in [0.25, 0.3) is 21.7 Å². The fourth-order valence-electron chi connectivity index (χ4n) is 4.46. The van der Waals surface area contributed by atoms with Gasteiger partial charge in [-0.3, -0.25) is 4.79 Å². The van der Waals surface area contributed by atoms with E-state index in [1.807, 2.05) is 62.4 Å². The average Bonchev–Trinajstić information content (AvgIpc) is 2.88. The Kier molecular flexibility index (Phi) is 7.81. The monoisotopic (exact) mass is 504 g/mol. The summed E-state index contributed by atoms with van der Waals surface area (Å²) in [5, 5.41) is 17.1. The Morgan fingerprint density at radius 3 is 2.49 bits per heavy atom. The molecule has 37 heavy (non-hydrogen) atoms. The largest absolute Gasteiger partial charge is 0.497 e. The fourth-order valence-corrected chi connectivity index (χ4v) is 4.46. The zero-order valence-electron chi connectivity index (χ0n) is 21.4. The molecule has 0 fully saturated rings. The van der Waals surface area contributed by atoms with E-state index in [-0.39, 0.29) is 18.2 Å². The lowest BCUT2D eigenvalue weighted by Crippen LogP contribution is -2.39. The van der Waals surface area contributed by atoms with Gasteiger partial charge < -0.3 is 29.8 Å². The average molecular weight is 505 g/mol. The van der Waals surface area contributed by atoms with Gasteiger partial charge in [-0.1, -0.05) is 26.0 Å². The minimum atomic E-state index is -1.08.